The van der Waals surface area contributed by atoms with Crippen molar-refractivity contribution in [2.75, 3.05) is 6.54 Å². The van der Waals surface area contributed by atoms with Crippen molar-refractivity contribution >= 4 is 28.1 Å². The normalized spacial score (nSPS) is 16.3. The smallest absolute Gasteiger partial charge is 0.410 e. The van der Waals surface area contributed by atoms with E-state index in [9.17, 15) is 13.6 Å². The molecule has 0 radical (unpaired) electrons. The Labute approximate surface area is 136 Å². The van der Waals surface area contributed by atoms with E-state index in [1.54, 1.807) is 23.1 Å². The second-order valence-corrected chi connectivity index (χ2v) is 7.53. The van der Waals surface area contributed by atoms with Crippen LogP contribution >= 0.6 is 0 Å². The Kier molecular flexibility index (Phi) is 3.93. The zero-order chi connectivity index (χ0) is 16.8. The van der Waals surface area contributed by atoms with Crippen LogP contribution in [-0.2, 0) is 28.8 Å². The summed E-state index contributed by atoms with van der Waals surface area (Å²) in [4.78, 5) is 14.2. The Bertz CT molecular complexity index is 790. The van der Waals surface area contributed by atoms with E-state index in [0.29, 0.717) is 30.0 Å². The molecule has 124 valence electrons. The molecule has 0 saturated carbocycles. The molecule has 7 heteroatoms. The van der Waals surface area contributed by atoms with Gasteiger partial charge in [0.05, 0.1) is 11.4 Å². The van der Waals surface area contributed by atoms with Crippen molar-refractivity contribution in [2.24, 2.45) is 0 Å². The molecule has 1 aliphatic rings. The predicted molar refractivity (Wildman–Crippen MR) is 85.6 cm³/mol. The SMILES string of the molecule is CC(C)(C)OC(=O)N1CCc2oc3ccc(S(=O)O)cc3c2C1. The summed E-state index contributed by atoms with van der Waals surface area (Å²) in [5.41, 5.74) is 0.996. The van der Waals surface area contributed by atoms with Gasteiger partial charge in [-0.15, -0.1) is 0 Å². The molecule has 1 aromatic heterocycles. The van der Waals surface area contributed by atoms with Crippen molar-refractivity contribution in [2.45, 2.75) is 44.2 Å². The maximum Gasteiger partial charge on any atom is 0.410 e. The number of ether oxygens (including phenoxy) is 1. The van der Waals surface area contributed by atoms with E-state index < -0.39 is 16.7 Å². The average molecular weight is 337 g/mol. The Morgan fingerprint density at radius 3 is 2.78 bits per heavy atom. The quantitative estimate of drug-likeness (QED) is 0.808. The lowest BCUT2D eigenvalue weighted by molar-refractivity contribution is 0.0220. The van der Waals surface area contributed by atoms with Crippen LogP contribution in [0.2, 0.25) is 0 Å². The molecule has 0 bridgehead atoms. The van der Waals surface area contributed by atoms with E-state index >= 15 is 0 Å². The summed E-state index contributed by atoms with van der Waals surface area (Å²) in [6.07, 6.45) is 0.236. The first kappa shape index (κ1) is 16.0. The maximum absolute atomic E-state index is 12.2. The first-order valence-electron chi connectivity index (χ1n) is 7.38. The van der Waals surface area contributed by atoms with Crippen LogP contribution in [0.5, 0.6) is 0 Å². The van der Waals surface area contributed by atoms with Gasteiger partial charge in [0, 0.05) is 23.9 Å². The lowest BCUT2D eigenvalue weighted by atomic mass is 10.1. The van der Waals surface area contributed by atoms with Crippen LogP contribution in [0.15, 0.2) is 27.5 Å². The highest BCUT2D eigenvalue weighted by Crippen LogP contribution is 2.32. The van der Waals surface area contributed by atoms with Crippen LogP contribution in [0.25, 0.3) is 11.0 Å². The molecule has 2 heterocycles. The summed E-state index contributed by atoms with van der Waals surface area (Å²) < 4.78 is 31.7. The van der Waals surface area contributed by atoms with Crippen LogP contribution in [0.1, 0.15) is 32.1 Å². The van der Waals surface area contributed by atoms with Crippen molar-refractivity contribution in [3.8, 4) is 0 Å². The average Bonchev–Trinajstić information content (AvgIpc) is 2.82. The van der Waals surface area contributed by atoms with Gasteiger partial charge in [-0.05, 0) is 39.0 Å². The largest absolute Gasteiger partial charge is 0.461 e. The molecule has 23 heavy (non-hydrogen) atoms. The fourth-order valence-corrected chi connectivity index (χ4v) is 3.05. The highest BCUT2D eigenvalue weighted by Gasteiger charge is 2.29. The highest BCUT2D eigenvalue weighted by atomic mass is 32.2. The van der Waals surface area contributed by atoms with Crippen LogP contribution < -0.4 is 0 Å². The van der Waals surface area contributed by atoms with Crippen molar-refractivity contribution < 1.29 is 22.7 Å². The van der Waals surface area contributed by atoms with Gasteiger partial charge in [0.25, 0.3) is 0 Å². The molecule has 1 amide bonds. The number of furan rings is 1. The van der Waals surface area contributed by atoms with E-state index in [-0.39, 0.29) is 6.09 Å². The van der Waals surface area contributed by atoms with E-state index in [1.807, 2.05) is 20.8 Å². The van der Waals surface area contributed by atoms with Crippen molar-refractivity contribution in [3.05, 3.63) is 29.5 Å². The molecule has 3 rings (SSSR count). The minimum absolute atomic E-state index is 0.315. The second-order valence-electron chi connectivity index (χ2n) is 6.56. The number of benzene rings is 1. The van der Waals surface area contributed by atoms with Crippen molar-refractivity contribution in [1.82, 2.24) is 4.90 Å². The van der Waals surface area contributed by atoms with Gasteiger partial charge in [0.1, 0.15) is 16.9 Å². The minimum Gasteiger partial charge on any atom is -0.461 e. The number of amides is 1. The number of rotatable bonds is 1. The van der Waals surface area contributed by atoms with Crippen LogP contribution in [0.3, 0.4) is 0 Å². The minimum atomic E-state index is -2.05. The third kappa shape index (κ3) is 3.25. The summed E-state index contributed by atoms with van der Waals surface area (Å²) in [5, 5.41) is 0.771. The molecule has 0 aliphatic carbocycles. The first-order chi connectivity index (χ1) is 10.7. The summed E-state index contributed by atoms with van der Waals surface area (Å²) in [5.74, 6) is 0.820. The molecule has 1 aliphatic heterocycles. The summed E-state index contributed by atoms with van der Waals surface area (Å²) in [6, 6.07) is 4.90. The van der Waals surface area contributed by atoms with E-state index in [4.69, 9.17) is 9.15 Å². The van der Waals surface area contributed by atoms with E-state index in [1.165, 1.54) is 0 Å². The van der Waals surface area contributed by atoms with Gasteiger partial charge in [-0.25, -0.2) is 9.00 Å². The predicted octanol–water partition coefficient (Wildman–Crippen LogP) is 3.31. The lowest BCUT2D eigenvalue weighted by Gasteiger charge is -2.29. The third-order valence-electron chi connectivity index (χ3n) is 3.66. The standard InChI is InChI=1S/C16H19NO5S/c1-16(2,3)22-15(18)17-7-6-14-12(9-17)11-8-10(23(19)20)4-5-13(11)21-14/h4-5,8H,6-7,9H2,1-3H3,(H,19,20). The monoisotopic (exact) mass is 337 g/mol. The summed E-state index contributed by atoms with van der Waals surface area (Å²) in [6.45, 7) is 6.39. The van der Waals surface area contributed by atoms with Crippen LogP contribution in [0, 0.1) is 0 Å². The highest BCUT2D eigenvalue weighted by molar-refractivity contribution is 7.79. The third-order valence-corrected chi connectivity index (χ3v) is 4.31. The molecule has 1 unspecified atom stereocenters. The number of carbonyl (C=O) groups is 1. The fraction of sp³-hybridized carbons (Fsp3) is 0.438. The van der Waals surface area contributed by atoms with Gasteiger partial charge in [0.15, 0.2) is 11.1 Å². The Morgan fingerprint density at radius 2 is 2.13 bits per heavy atom. The molecule has 1 N–H and O–H groups in total. The van der Waals surface area contributed by atoms with Crippen molar-refractivity contribution in [3.63, 3.8) is 0 Å². The molecule has 1 atom stereocenters. The lowest BCUT2D eigenvalue weighted by Crippen LogP contribution is -2.39. The van der Waals surface area contributed by atoms with Crippen molar-refractivity contribution in [1.29, 1.82) is 0 Å². The van der Waals surface area contributed by atoms with Gasteiger partial charge >= 0.3 is 6.09 Å². The molecular formula is C16H19NO5S. The maximum atomic E-state index is 12.2. The zero-order valence-electron chi connectivity index (χ0n) is 13.3. The topological polar surface area (TPSA) is 80.0 Å². The van der Waals surface area contributed by atoms with Gasteiger partial charge in [-0.2, -0.15) is 0 Å². The zero-order valence-corrected chi connectivity index (χ0v) is 14.1. The number of carbonyl (C=O) groups excluding carboxylic acids is 1. The second kappa shape index (κ2) is 5.65. The number of hydrogen-bond donors (Lipinski definition) is 1. The summed E-state index contributed by atoms with van der Waals surface area (Å²) >= 11 is -2.05. The molecule has 0 spiro atoms. The van der Waals surface area contributed by atoms with Gasteiger partial charge in [-0.3, -0.25) is 0 Å². The van der Waals surface area contributed by atoms with Gasteiger partial charge in [0.2, 0.25) is 0 Å². The number of nitrogens with zero attached hydrogens (tertiary/aromatic N) is 1. The Hall–Kier alpha value is -1.86. The molecule has 2 aromatic rings. The van der Waals surface area contributed by atoms with E-state index in [2.05, 4.69) is 0 Å². The van der Waals surface area contributed by atoms with Crippen LogP contribution in [-0.4, -0.2) is 31.9 Å². The van der Waals surface area contributed by atoms with E-state index in [0.717, 1.165) is 16.7 Å². The van der Waals surface area contributed by atoms with Crippen LogP contribution in [0.4, 0.5) is 4.79 Å². The number of fused-ring (bicyclic) bond motifs is 3. The first-order valence-corrected chi connectivity index (χ1v) is 8.48. The van der Waals surface area contributed by atoms with Gasteiger partial charge in [-0.1, -0.05) is 0 Å². The molecule has 0 saturated heterocycles. The Balaban J connectivity index is 1.92. The molecular weight excluding hydrogens is 318 g/mol. The Morgan fingerprint density at radius 1 is 1.39 bits per heavy atom. The number of hydrogen-bond acceptors (Lipinski definition) is 4. The molecule has 0 fully saturated rings. The fourth-order valence-electron chi connectivity index (χ4n) is 2.65. The summed E-state index contributed by atoms with van der Waals surface area (Å²) in [7, 11) is 0. The van der Waals surface area contributed by atoms with Gasteiger partial charge < -0.3 is 18.6 Å². The molecule has 1 aromatic carbocycles. The molecule has 6 nitrogen and oxygen atoms in total.